The maximum absolute atomic E-state index is 11.9. The number of hydrogen-bond donors (Lipinski definition) is 2. The van der Waals surface area contributed by atoms with Crippen LogP contribution in [0.2, 0.25) is 0 Å². The highest BCUT2D eigenvalue weighted by atomic mass is 16.2. The molecule has 4 nitrogen and oxygen atoms in total. The van der Waals surface area contributed by atoms with Gasteiger partial charge in [0.15, 0.2) is 0 Å². The minimum absolute atomic E-state index is 0.0368. The maximum Gasteiger partial charge on any atom is 0.251 e. The number of anilines is 1. The summed E-state index contributed by atoms with van der Waals surface area (Å²) in [5.74, 6) is -0.221. The molecular formula is C20H20N2O2. The summed E-state index contributed by atoms with van der Waals surface area (Å²) >= 11 is 0. The fraction of sp³-hybridized carbons (Fsp3) is 0.200. The average molecular weight is 320 g/mol. The number of amides is 2. The van der Waals surface area contributed by atoms with Crippen molar-refractivity contribution < 1.29 is 9.59 Å². The van der Waals surface area contributed by atoms with E-state index in [-0.39, 0.29) is 11.8 Å². The van der Waals surface area contributed by atoms with Crippen LogP contribution in [0.1, 0.15) is 34.3 Å². The summed E-state index contributed by atoms with van der Waals surface area (Å²) in [5.41, 5.74) is 3.38. The van der Waals surface area contributed by atoms with E-state index in [1.54, 1.807) is 18.2 Å². The van der Waals surface area contributed by atoms with E-state index in [2.05, 4.69) is 10.6 Å². The van der Waals surface area contributed by atoms with Crippen molar-refractivity contribution in [1.82, 2.24) is 5.32 Å². The van der Waals surface area contributed by atoms with Gasteiger partial charge in [-0.15, -0.1) is 0 Å². The van der Waals surface area contributed by atoms with Gasteiger partial charge in [-0.2, -0.15) is 0 Å². The van der Waals surface area contributed by atoms with Gasteiger partial charge in [-0.3, -0.25) is 9.59 Å². The summed E-state index contributed by atoms with van der Waals surface area (Å²) in [7, 11) is 0. The Hall–Kier alpha value is -2.88. The fourth-order valence-electron chi connectivity index (χ4n) is 2.32. The largest absolute Gasteiger partial charge is 0.349 e. The summed E-state index contributed by atoms with van der Waals surface area (Å²) in [4.78, 5) is 23.8. The summed E-state index contributed by atoms with van der Waals surface area (Å²) in [6.45, 7) is 1.98. The van der Waals surface area contributed by atoms with E-state index in [4.69, 9.17) is 0 Å². The molecule has 0 radical (unpaired) electrons. The Morgan fingerprint density at radius 1 is 1.08 bits per heavy atom. The Labute approximate surface area is 141 Å². The monoisotopic (exact) mass is 320 g/mol. The lowest BCUT2D eigenvalue weighted by Gasteiger charge is -2.04. The molecule has 1 fully saturated rings. The van der Waals surface area contributed by atoms with Crippen molar-refractivity contribution in [3.05, 3.63) is 71.3 Å². The van der Waals surface area contributed by atoms with Crippen molar-refractivity contribution in [3.8, 4) is 0 Å². The summed E-state index contributed by atoms with van der Waals surface area (Å²) < 4.78 is 0. The van der Waals surface area contributed by atoms with Gasteiger partial charge in [-0.05, 0) is 61.2 Å². The molecule has 0 spiro atoms. The molecule has 0 heterocycles. The lowest BCUT2D eigenvalue weighted by Crippen LogP contribution is -2.25. The maximum atomic E-state index is 11.9. The van der Waals surface area contributed by atoms with Gasteiger partial charge in [0.25, 0.3) is 5.91 Å². The van der Waals surface area contributed by atoms with E-state index in [1.165, 1.54) is 6.08 Å². The van der Waals surface area contributed by atoms with Crippen molar-refractivity contribution in [1.29, 1.82) is 0 Å². The van der Waals surface area contributed by atoms with E-state index < -0.39 is 0 Å². The quantitative estimate of drug-likeness (QED) is 0.828. The molecule has 0 unspecified atom stereocenters. The van der Waals surface area contributed by atoms with Crippen LogP contribution in [0, 0.1) is 6.92 Å². The molecule has 122 valence electrons. The third-order valence-electron chi connectivity index (χ3n) is 3.80. The second kappa shape index (κ2) is 7.13. The van der Waals surface area contributed by atoms with Crippen LogP contribution < -0.4 is 10.6 Å². The highest BCUT2D eigenvalue weighted by Gasteiger charge is 2.23. The van der Waals surface area contributed by atoms with E-state index in [9.17, 15) is 9.59 Å². The predicted octanol–water partition coefficient (Wildman–Crippen LogP) is 3.54. The molecule has 2 aromatic carbocycles. The number of carbonyl (C=O) groups is 2. The molecular weight excluding hydrogens is 300 g/mol. The predicted molar refractivity (Wildman–Crippen MR) is 95.8 cm³/mol. The Balaban J connectivity index is 1.57. The lowest BCUT2D eigenvalue weighted by atomic mass is 10.1. The summed E-state index contributed by atoms with van der Waals surface area (Å²) in [6, 6.07) is 15.2. The molecule has 0 aromatic heterocycles. The van der Waals surface area contributed by atoms with E-state index in [0.29, 0.717) is 11.6 Å². The number of aryl methyl sites for hydroxylation is 1. The lowest BCUT2D eigenvalue weighted by molar-refractivity contribution is -0.111. The van der Waals surface area contributed by atoms with Crippen molar-refractivity contribution in [2.45, 2.75) is 25.8 Å². The molecule has 2 amide bonds. The minimum Gasteiger partial charge on any atom is -0.349 e. The molecule has 24 heavy (non-hydrogen) atoms. The molecule has 0 saturated heterocycles. The molecule has 4 heteroatoms. The Bertz CT molecular complexity index is 774. The zero-order valence-corrected chi connectivity index (χ0v) is 13.6. The highest BCUT2D eigenvalue weighted by Crippen LogP contribution is 2.19. The number of benzene rings is 2. The van der Waals surface area contributed by atoms with E-state index >= 15 is 0 Å². The second-order valence-corrected chi connectivity index (χ2v) is 6.06. The van der Waals surface area contributed by atoms with Crippen LogP contribution in [-0.4, -0.2) is 17.9 Å². The zero-order chi connectivity index (χ0) is 16.9. The molecule has 2 aromatic rings. The molecule has 0 bridgehead atoms. The van der Waals surface area contributed by atoms with Gasteiger partial charge < -0.3 is 10.6 Å². The van der Waals surface area contributed by atoms with Gasteiger partial charge in [-0.1, -0.05) is 24.3 Å². The van der Waals surface area contributed by atoms with Crippen molar-refractivity contribution in [3.63, 3.8) is 0 Å². The summed E-state index contributed by atoms with van der Waals surface area (Å²) in [6.07, 6.45) is 5.36. The molecule has 3 rings (SSSR count). The van der Waals surface area contributed by atoms with Gasteiger partial charge in [0, 0.05) is 23.4 Å². The van der Waals surface area contributed by atoms with Crippen LogP contribution in [0.25, 0.3) is 6.08 Å². The Kier molecular flexibility index (Phi) is 4.75. The van der Waals surface area contributed by atoms with Crippen LogP contribution >= 0.6 is 0 Å². The third kappa shape index (κ3) is 4.56. The first kappa shape index (κ1) is 16.0. The van der Waals surface area contributed by atoms with Gasteiger partial charge in [0.2, 0.25) is 5.91 Å². The normalized spacial score (nSPS) is 13.7. The summed E-state index contributed by atoms with van der Waals surface area (Å²) in [5, 5.41) is 5.77. The van der Waals surface area contributed by atoms with Gasteiger partial charge in [0.1, 0.15) is 0 Å². The van der Waals surface area contributed by atoms with E-state index in [1.807, 2.05) is 43.3 Å². The number of rotatable bonds is 5. The van der Waals surface area contributed by atoms with Crippen molar-refractivity contribution >= 4 is 23.6 Å². The molecule has 1 saturated carbocycles. The standard InChI is InChI=1S/C20H20N2O2/c1-14-3-2-4-18(13-14)21-19(23)12-7-15-5-8-16(9-6-15)20(24)22-17-10-11-17/h2-9,12-13,17H,10-11H2,1H3,(H,21,23)(H,22,24)/b12-7+. The highest BCUT2D eigenvalue weighted by molar-refractivity contribution is 6.02. The molecule has 0 atom stereocenters. The minimum atomic E-state index is -0.184. The number of carbonyl (C=O) groups excluding carboxylic acids is 2. The SMILES string of the molecule is Cc1cccc(NC(=O)/C=C/c2ccc(C(=O)NC3CC3)cc2)c1. The van der Waals surface area contributed by atoms with Gasteiger partial charge >= 0.3 is 0 Å². The van der Waals surface area contributed by atoms with Crippen LogP contribution in [0.5, 0.6) is 0 Å². The molecule has 1 aliphatic rings. The van der Waals surface area contributed by atoms with Crippen LogP contribution in [0.15, 0.2) is 54.6 Å². The van der Waals surface area contributed by atoms with E-state index in [0.717, 1.165) is 29.7 Å². The topological polar surface area (TPSA) is 58.2 Å². The van der Waals surface area contributed by atoms with Crippen LogP contribution in [0.3, 0.4) is 0 Å². The van der Waals surface area contributed by atoms with Gasteiger partial charge in [0.05, 0.1) is 0 Å². The second-order valence-electron chi connectivity index (χ2n) is 6.06. The van der Waals surface area contributed by atoms with Gasteiger partial charge in [-0.25, -0.2) is 0 Å². The number of hydrogen-bond acceptors (Lipinski definition) is 2. The average Bonchev–Trinajstić information content (AvgIpc) is 3.37. The molecule has 2 N–H and O–H groups in total. The first-order valence-electron chi connectivity index (χ1n) is 8.07. The Morgan fingerprint density at radius 3 is 2.50 bits per heavy atom. The Morgan fingerprint density at radius 2 is 1.83 bits per heavy atom. The first-order chi connectivity index (χ1) is 11.6. The zero-order valence-electron chi connectivity index (χ0n) is 13.6. The van der Waals surface area contributed by atoms with Crippen LogP contribution in [0.4, 0.5) is 5.69 Å². The third-order valence-corrected chi connectivity index (χ3v) is 3.80. The fourth-order valence-corrected chi connectivity index (χ4v) is 2.32. The van der Waals surface area contributed by atoms with Crippen molar-refractivity contribution in [2.75, 3.05) is 5.32 Å². The number of nitrogens with one attached hydrogen (secondary N) is 2. The van der Waals surface area contributed by atoms with Crippen molar-refractivity contribution in [2.24, 2.45) is 0 Å². The first-order valence-corrected chi connectivity index (χ1v) is 8.07. The smallest absolute Gasteiger partial charge is 0.251 e. The molecule has 0 aliphatic heterocycles. The van der Waals surface area contributed by atoms with Crippen LogP contribution in [-0.2, 0) is 4.79 Å². The molecule has 1 aliphatic carbocycles.